The highest BCUT2D eigenvalue weighted by atomic mass is 16.4. The number of aryl methyl sites for hydroxylation is 1. The second-order valence-corrected chi connectivity index (χ2v) is 9.46. The van der Waals surface area contributed by atoms with Crippen LogP contribution >= 0.6 is 0 Å². The number of anilines is 2. The third-order valence-electron chi connectivity index (χ3n) is 6.39. The molecule has 2 N–H and O–H groups in total. The van der Waals surface area contributed by atoms with Crippen LogP contribution in [0.4, 0.5) is 11.5 Å². The lowest BCUT2D eigenvalue weighted by Crippen LogP contribution is -2.37. The number of rotatable bonds is 5. The Labute approximate surface area is 184 Å². The van der Waals surface area contributed by atoms with E-state index in [4.69, 9.17) is 4.98 Å². The van der Waals surface area contributed by atoms with Crippen LogP contribution in [-0.4, -0.2) is 29.1 Å². The standard InChI is InChI=1S/C26H31N3O2/c1-17-15-19-9-10-23(29-13-11-26(3,4)12-14-29)28-24(19)21(16-17)18(2)27-22-8-6-5-7-20(22)25(30)31/h5-10,15-16,18,27H,11-14H2,1-4H3,(H,30,31). The highest BCUT2D eigenvalue weighted by molar-refractivity contribution is 5.94. The lowest BCUT2D eigenvalue weighted by molar-refractivity contribution is 0.0698. The van der Waals surface area contributed by atoms with Gasteiger partial charge in [-0.2, -0.15) is 0 Å². The molecule has 2 aromatic carbocycles. The van der Waals surface area contributed by atoms with Crippen LogP contribution in [0.2, 0.25) is 0 Å². The quantitative estimate of drug-likeness (QED) is 0.530. The molecule has 0 spiro atoms. The first-order valence-electron chi connectivity index (χ1n) is 11.0. The second-order valence-electron chi connectivity index (χ2n) is 9.46. The molecule has 0 amide bonds. The number of aromatic nitrogens is 1. The Morgan fingerprint density at radius 1 is 1.13 bits per heavy atom. The number of carboxylic acid groups (broad SMARTS) is 1. The van der Waals surface area contributed by atoms with Crippen LogP contribution in [0.5, 0.6) is 0 Å². The van der Waals surface area contributed by atoms with E-state index in [-0.39, 0.29) is 11.6 Å². The van der Waals surface area contributed by atoms with E-state index >= 15 is 0 Å². The van der Waals surface area contributed by atoms with Crippen molar-refractivity contribution in [2.45, 2.75) is 46.6 Å². The summed E-state index contributed by atoms with van der Waals surface area (Å²) in [6.07, 6.45) is 2.33. The Kier molecular flexibility index (Phi) is 5.61. The molecule has 4 rings (SSSR count). The molecule has 1 unspecified atom stereocenters. The SMILES string of the molecule is Cc1cc(C(C)Nc2ccccc2C(=O)O)c2nc(N3CCC(C)(C)CC3)ccc2c1. The highest BCUT2D eigenvalue weighted by Crippen LogP contribution is 2.34. The van der Waals surface area contributed by atoms with Crippen molar-refractivity contribution < 1.29 is 9.90 Å². The average molecular weight is 418 g/mol. The van der Waals surface area contributed by atoms with Crippen molar-refractivity contribution in [3.63, 3.8) is 0 Å². The number of hydrogen-bond acceptors (Lipinski definition) is 4. The maximum atomic E-state index is 11.6. The van der Waals surface area contributed by atoms with Crippen molar-refractivity contribution >= 4 is 28.4 Å². The molecule has 1 atom stereocenters. The number of nitrogens with zero attached hydrogens (tertiary/aromatic N) is 2. The number of pyridine rings is 1. The van der Waals surface area contributed by atoms with Gasteiger partial charge in [0.1, 0.15) is 5.82 Å². The molecule has 3 aromatic rings. The molecule has 5 nitrogen and oxygen atoms in total. The molecule has 162 valence electrons. The molecular formula is C26H31N3O2. The largest absolute Gasteiger partial charge is 0.478 e. The zero-order valence-electron chi connectivity index (χ0n) is 18.8. The molecule has 0 bridgehead atoms. The Morgan fingerprint density at radius 3 is 2.55 bits per heavy atom. The van der Waals surface area contributed by atoms with Crippen LogP contribution in [0.25, 0.3) is 10.9 Å². The topological polar surface area (TPSA) is 65.5 Å². The first-order chi connectivity index (χ1) is 14.7. The zero-order valence-corrected chi connectivity index (χ0v) is 18.8. The summed E-state index contributed by atoms with van der Waals surface area (Å²) in [5.41, 5.74) is 4.50. The molecule has 0 aliphatic carbocycles. The molecule has 31 heavy (non-hydrogen) atoms. The van der Waals surface area contributed by atoms with Crippen molar-refractivity contribution in [1.82, 2.24) is 4.98 Å². The van der Waals surface area contributed by atoms with Crippen molar-refractivity contribution in [2.24, 2.45) is 5.41 Å². The number of nitrogens with one attached hydrogen (secondary N) is 1. The molecule has 0 saturated carbocycles. The number of benzene rings is 2. The van der Waals surface area contributed by atoms with E-state index in [2.05, 4.69) is 62.2 Å². The Balaban J connectivity index is 1.69. The molecular weight excluding hydrogens is 386 g/mol. The Bertz CT molecular complexity index is 1110. The zero-order chi connectivity index (χ0) is 22.2. The van der Waals surface area contributed by atoms with Crippen LogP contribution in [0.3, 0.4) is 0 Å². The van der Waals surface area contributed by atoms with Crippen molar-refractivity contribution in [2.75, 3.05) is 23.3 Å². The third kappa shape index (κ3) is 4.50. The van der Waals surface area contributed by atoms with Gasteiger partial charge in [-0.1, -0.05) is 37.6 Å². The van der Waals surface area contributed by atoms with Gasteiger partial charge in [-0.05, 0) is 62.4 Å². The van der Waals surface area contributed by atoms with Gasteiger partial charge in [-0.25, -0.2) is 9.78 Å². The van der Waals surface area contributed by atoms with Crippen LogP contribution in [0.15, 0.2) is 48.5 Å². The van der Waals surface area contributed by atoms with Gasteiger partial charge in [0.05, 0.1) is 17.1 Å². The van der Waals surface area contributed by atoms with Crippen LogP contribution in [0, 0.1) is 12.3 Å². The molecule has 2 heterocycles. The minimum atomic E-state index is -0.933. The summed E-state index contributed by atoms with van der Waals surface area (Å²) in [7, 11) is 0. The monoisotopic (exact) mass is 417 g/mol. The third-order valence-corrected chi connectivity index (χ3v) is 6.39. The molecule has 1 aliphatic rings. The van der Waals surface area contributed by atoms with E-state index in [0.717, 1.165) is 53.8 Å². The van der Waals surface area contributed by atoms with Crippen LogP contribution < -0.4 is 10.2 Å². The lowest BCUT2D eigenvalue weighted by Gasteiger charge is -2.37. The molecule has 1 aliphatic heterocycles. The molecule has 5 heteroatoms. The first kappa shape index (κ1) is 21.2. The Morgan fingerprint density at radius 2 is 1.84 bits per heavy atom. The predicted molar refractivity (Wildman–Crippen MR) is 127 cm³/mol. The fourth-order valence-corrected chi connectivity index (χ4v) is 4.36. The summed E-state index contributed by atoms with van der Waals surface area (Å²) >= 11 is 0. The van der Waals surface area contributed by atoms with Crippen molar-refractivity contribution in [1.29, 1.82) is 0 Å². The van der Waals surface area contributed by atoms with Gasteiger partial charge < -0.3 is 15.3 Å². The Hall–Kier alpha value is -3.08. The number of para-hydroxylation sites is 1. The van der Waals surface area contributed by atoms with E-state index in [1.54, 1.807) is 12.1 Å². The number of hydrogen-bond donors (Lipinski definition) is 2. The minimum absolute atomic E-state index is 0.0917. The molecule has 1 aromatic heterocycles. The van der Waals surface area contributed by atoms with E-state index < -0.39 is 5.97 Å². The summed E-state index contributed by atoms with van der Waals surface area (Å²) in [5.74, 6) is 0.0871. The molecule has 0 radical (unpaired) electrons. The van der Waals surface area contributed by atoms with Gasteiger partial charge in [0.25, 0.3) is 0 Å². The van der Waals surface area contributed by atoms with Gasteiger partial charge in [0.15, 0.2) is 0 Å². The second kappa shape index (κ2) is 8.22. The normalized spacial score (nSPS) is 16.8. The number of piperidine rings is 1. The average Bonchev–Trinajstić information content (AvgIpc) is 2.73. The molecule has 1 fully saturated rings. The van der Waals surface area contributed by atoms with E-state index in [1.807, 2.05) is 12.1 Å². The highest BCUT2D eigenvalue weighted by Gasteiger charge is 2.26. The summed E-state index contributed by atoms with van der Waals surface area (Å²) in [5, 5.41) is 14.0. The van der Waals surface area contributed by atoms with Gasteiger partial charge in [0.2, 0.25) is 0 Å². The van der Waals surface area contributed by atoms with Crippen LogP contribution in [0.1, 0.15) is 61.1 Å². The van der Waals surface area contributed by atoms with E-state index in [0.29, 0.717) is 11.1 Å². The van der Waals surface area contributed by atoms with Crippen molar-refractivity contribution in [3.05, 3.63) is 65.2 Å². The summed E-state index contributed by atoms with van der Waals surface area (Å²) in [4.78, 5) is 19.1. The van der Waals surface area contributed by atoms with E-state index in [1.165, 1.54) is 0 Å². The number of aromatic carboxylic acids is 1. The fraction of sp³-hybridized carbons (Fsp3) is 0.385. The van der Waals surface area contributed by atoms with Gasteiger partial charge in [-0.15, -0.1) is 0 Å². The summed E-state index contributed by atoms with van der Waals surface area (Å²) < 4.78 is 0. The van der Waals surface area contributed by atoms with Gasteiger partial charge >= 0.3 is 5.97 Å². The maximum Gasteiger partial charge on any atom is 0.337 e. The fourth-order valence-electron chi connectivity index (χ4n) is 4.36. The van der Waals surface area contributed by atoms with Gasteiger partial charge in [0, 0.05) is 29.7 Å². The lowest BCUT2D eigenvalue weighted by atomic mass is 9.83. The number of carbonyl (C=O) groups is 1. The predicted octanol–water partition coefficient (Wildman–Crippen LogP) is 6.04. The number of fused-ring (bicyclic) bond motifs is 1. The first-order valence-corrected chi connectivity index (χ1v) is 11.0. The summed E-state index contributed by atoms with van der Waals surface area (Å²) in [6.45, 7) is 10.9. The van der Waals surface area contributed by atoms with E-state index in [9.17, 15) is 9.90 Å². The van der Waals surface area contributed by atoms with Gasteiger partial charge in [-0.3, -0.25) is 0 Å². The van der Waals surface area contributed by atoms with Crippen molar-refractivity contribution in [3.8, 4) is 0 Å². The maximum absolute atomic E-state index is 11.6. The smallest absolute Gasteiger partial charge is 0.337 e. The summed E-state index contributed by atoms with van der Waals surface area (Å²) in [6, 6.07) is 15.5. The molecule has 1 saturated heterocycles. The number of carboxylic acids is 1. The van der Waals surface area contributed by atoms with Crippen LogP contribution in [-0.2, 0) is 0 Å². The minimum Gasteiger partial charge on any atom is -0.478 e.